The van der Waals surface area contributed by atoms with Gasteiger partial charge in [-0.2, -0.15) is 0 Å². The Hall–Kier alpha value is -8.54. The summed E-state index contributed by atoms with van der Waals surface area (Å²) in [5, 5.41) is 7.45. The molecule has 68 heavy (non-hydrogen) atoms. The van der Waals surface area contributed by atoms with Crippen LogP contribution in [0.4, 0.5) is 0 Å². The summed E-state index contributed by atoms with van der Waals surface area (Å²) >= 11 is 0. The second-order valence-corrected chi connectivity index (χ2v) is 19.0. The highest BCUT2D eigenvalue weighted by molar-refractivity contribution is 6.99. The van der Waals surface area contributed by atoms with Gasteiger partial charge in [0, 0.05) is 54.9 Å². The smallest absolute Gasteiger partial charge is 0.256 e. The highest BCUT2D eigenvalue weighted by Crippen LogP contribution is 2.44. The third kappa shape index (κ3) is 5.10. The van der Waals surface area contributed by atoms with Crippen molar-refractivity contribution < 1.29 is 4.74 Å². The van der Waals surface area contributed by atoms with Gasteiger partial charge in [-0.15, -0.1) is 0 Å². The molecule has 0 unspecified atom stereocenters. The van der Waals surface area contributed by atoms with Gasteiger partial charge in [-0.3, -0.25) is 0 Å². The molecule has 0 saturated heterocycles. The van der Waals surface area contributed by atoms with Crippen LogP contribution in [0.2, 0.25) is 0 Å². The average molecular weight is 868 g/mol. The molecule has 5 heterocycles. The fourth-order valence-corrected chi connectivity index (χ4v) is 12.5. The first-order valence-electron chi connectivity index (χ1n) is 23.7. The molecule has 0 bridgehead atoms. The number of rotatable bonds is 4. The molecular formula is C63H42BN3O. The molecule has 0 fully saturated rings. The number of para-hydroxylation sites is 4. The number of benzene rings is 10. The first-order chi connectivity index (χ1) is 33.5. The monoisotopic (exact) mass is 867 g/mol. The highest BCUT2D eigenvalue weighted by atomic mass is 16.5. The topological polar surface area (TPSA) is 24.0 Å². The van der Waals surface area contributed by atoms with E-state index in [9.17, 15) is 0 Å². The van der Waals surface area contributed by atoms with Crippen LogP contribution in [0.15, 0.2) is 200 Å². The first-order valence-corrected chi connectivity index (χ1v) is 23.7. The maximum absolute atomic E-state index is 7.30. The van der Waals surface area contributed by atoms with E-state index in [4.69, 9.17) is 4.74 Å². The lowest BCUT2D eigenvalue weighted by Gasteiger charge is -2.34. The zero-order chi connectivity index (χ0) is 44.9. The molecule has 5 heteroatoms. The molecular weight excluding hydrogens is 826 g/mol. The highest BCUT2D eigenvalue weighted by Gasteiger charge is 2.42. The van der Waals surface area contributed by atoms with Gasteiger partial charge in [0.15, 0.2) is 0 Å². The SMILES string of the molecule is Cc1cc(C)c(-c2cc3c4c(c2)-n2c5ccc(-n6c7ccccc7c7ccccc76)cc5c5cc(-n6c7ccccc7c7ccccc76)cc(c52)B4c2ccc(-c4ccccc4)cc2O3)c(C)c1. The molecule has 0 N–H and O–H groups in total. The minimum absolute atomic E-state index is 0.0907. The van der Waals surface area contributed by atoms with E-state index >= 15 is 0 Å². The molecule has 0 amide bonds. The van der Waals surface area contributed by atoms with Crippen molar-refractivity contribution in [3.05, 3.63) is 217 Å². The molecule has 0 aliphatic carbocycles. The van der Waals surface area contributed by atoms with E-state index in [0.717, 1.165) is 34.0 Å². The number of hydrogen-bond donors (Lipinski definition) is 0. The Labute approximate surface area is 393 Å². The van der Waals surface area contributed by atoms with Crippen LogP contribution in [0, 0.1) is 20.8 Å². The van der Waals surface area contributed by atoms with Crippen LogP contribution in [0.1, 0.15) is 16.7 Å². The molecule has 4 nitrogen and oxygen atoms in total. The number of aromatic nitrogens is 3. The standard InChI is InChI=1S/C63H42BN3O/c1-37-29-38(2)61(39(3)30-37)42-31-58-62-60(33-42)68-59-32-41(40-15-5-4-6-16-40)25-27-51(59)64(62)52-36-44(66-55-23-13-9-19-47(55)48-20-10-14-24-56(48)66)35-50-49-34-43(26-28-57(49)67(58)63(50)52)65-53-21-11-7-17-45(53)46-18-8-12-22-54(46)65/h4-36H,1-3H3. The van der Waals surface area contributed by atoms with E-state index in [1.807, 2.05) is 0 Å². The Balaban J connectivity index is 1.09. The van der Waals surface area contributed by atoms with Crippen LogP contribution in [-0.4, -0.2) is 20.4 Å². The van der Waals surface area contributed by atoms with Crippen molar-refractivity contribution in [2.75, 3.05) is 0 Å². The second-order valence-electron chi connectivity index (χ2n) is 19.0. The van der Waals surface area contributed by atoms with Crippen LogP contribution in [0.25, 0.3) is 105 Å². The molecule has 2 aliphatic heterocycles. The van der Waals surface area contributed by atoms with Crippen LogP contribution in [0.3, 0.4) is 0 Å². The van der Waals surface area contributed by atoms with Gasteiger partial charge in [0.1, 0.15) is 11.5 Å². The molecule has 10 aromatic carbocycles. The number of aryl methyl sites for hydroxylation is 3. The zero-order valence-corrected chi connectivity index (χ0v) is 37.9. The van der Waals surface area contributed by atoms with Crippen molar-refractivity contribution in [3.8, 4) is 50.8 Å². The maximum Gasteiger partial charge on any atom is 0.256 e. The Morgan fingerprint density at radius 1 is 0.368 bits per heavy atom. The van der Waals surface area contributed by atoms with Gasteiger partial charge < -0.3 is 18.4 Å². The summed E-state index contributed by atoms with van der Waals surface area (Å²) in [5.74, 6) is 1.81. The van der Waals surface area contributed by atoms with E-state index in [-0.39, 0.29) is 6.71 Å². The second kappa shape index (κ2) is 13.8. The van der Waals surface area contributed by atoms with Crippen molar-refractivity contribution in [2.24, 2.45) is 0 Å². The van der Waals surface area contributed by atoms with Crippen molar-refractivity contribution in [1.29, 1.82) is 0 Å². The predicted molar refractivity (Wildman–Crippen MR) is 286 cm³/mol. The number of fused-ring (bicyclic) bond motifs is 13. The Morgan fingerprint density at radius 2 is 0.912 bits per heavy atom. The number of nitrogens with zero attached hydrogens (tertiary/aromatic N) is 3. The number of ether oxygens (including phenoxy) is 1. The molecule has 3 aromatic heterocycles. The van der Waals surface area contributed by atoms with Gasteiger partial charge in [-0.05, 0) is 143 Å². The van der Waals surface area contributed by atoms with Crippen molar-refractivity contribution in [3.63, 3.8) is 0 Å². The fourth-order valence-electron chi connectivity index (χ4n) is 12.5. The van der Waals surface area contributed by atoms with Crippen molar-refractivity contribution >= 4 is 88.5 Å². The van der Waals surface area contributed by atoms with E-state index in [2.05, 4.69) is 235 Å². The molecule has 0 spiro atoms. The molecule has 15 rings (SSSR count). The largest absolute Gasteiger partial charge is 0.458 e. The minimum atomic E-state index is -0.0907. The van der Waals surface area contributed by atoms with Crippen LogP contribution < -0.4 is 21.1 Å². The summed E-state index contributed by atoms with van der Waals surface area (Å²) in [6, 6.07) is 74.4. The third-order valence-corrected chi connectivity index (χ3v) is 15.1. The van der Waals surface area contributed by atoms with Crippen LogP contribution >= 0.6 is 0 Å². The van der Waals surface area contributed by atoms with Crippen molar-refractivity contribution in [2.45, 2.75) is 20.8 Å². The molecule has 13 aromatic rings. The first kappa shape index (κ1) is 37.7. The van der Waals surface area contributed by atoms with Gasteiger partial charge in [0.05, 0.1) is 27.6 Å². The van der Waals surface area contributed by atoms with Crippen LogP contribution in [-0.2, 0) is 0 Å². The molecule has 0 saturated carbocycles. The van der Waals surface area contributed by atoms with E-state index < -0.39 is 0 Å². The summed E-state index contributed by atoms with van der Waals surface area (Å²) in [6.07, 6.45) is 0. The maximum atomic E-state index is 7.30. The molecule has 2 aliphatic rings. The van der Waals surface area contributed by atoms with Crippen LogP contribution in [0.5, 0.6) is 11.5 Å². The fraction of sp³-hybridized carbons (Fsp3) is 0.0476. The summed E-state index contributed by atoms with van der Waals surface area (Å²) < 4.78 is 14.8. The van der Waals surface area contributed by atoms with Crippen molar-refractivity contribution in [1.82, 2.24) is 13.7 Å². The van der Waals surface area contributed by atoms with E-state index in [1.165, 1.54) is 115 Å². The van der Waals surface area contributed by atoms with Gasteiger partial charge in [-0.25, -0.2) is 0 Å². The lowest BCUT2D eigenvalue weighted by molar-refractivity contribution is 0.487. The van der Waals surface area contributed by atoms with Gasteiger partial charge >= 0.3 is 0 Å². The van der Waals surface area contributed by atoms with Gasteiger partial charge in [-0.1, -0.05) is 133 Å². The third-order valence-electron chi connectivity index (χ3n) is 15.1. The lowest BCUT2D eigenvalue weighted by Crippen LogP contribution is -2.58. The Morgan fingerprint density at radius 3 is 1.54 bits per heavy atom. The quantitative estimate of drug-likeness (QED) is 0.162. The summed E-state index contributed by atoms with van der Waals surface area (Å²) in [5.41, 5.74) is 22.8. The summed E-state index contributed by atoms with van der Waals surface area (Å²) in [6.45, 7) is 6.59. The van der Waals surface area contributed by atoms with E-state index in [1.54, 1.807) is 0 Å². The summed E-state index contributed by atoms with van der Waals surface area (Å²) in [4.78, 5) is 0. The average Bonchev–Trinajstić information content (AvgIpc) is 4.01. The molecule has 0 radical (unpaired) electrons. The normalized spacial score (nSPS) is 12.7. The Kier molecular flexibility index (Phi) is 7.62. The molecule has 0 atom stereocenters. The predicted octanol–water partition coefficient (Wildman–Crippen LogP) is 14.2. The van der Waals surface area contributed by atoms with Gasteiger partial charge in [0.2, 0.25) is 0 Å². The van der Waals surface area contributed by atoms with E-state index in [0.29, 0.717) is 0 Å². The zero-order valence-electron chi connectivity index (χ0n) is 37.9. The number of hydrogen-bond acceptors (Lipinski definition) is 1. The van der Waals surface area contributed by atoms with Gasteiger partial charge in [0.25, 0.3) is 6.71 Å². The summed E-state index contributed by atoms with van der Waals surface area (Å²) in [7, 11) is 0. The minimum Gasteiger partial charge on any atom is -0.458 e. The Bertz CT molecular complexity index is 4210. The lowest BCUT2D eigenvalue weighted by atomic mass is 9.34. The molecule has 318 valence electrons.